The van der Waals surface area contributed by atoms with E-state index in [0.29, 0.717) is 5.56 Å². The van der Waals surface area contributed by atoms with Crippen LogP contribution in [-0.2, 0) is 6.42 Å². The lowest BCUT2D eigenvalue weighted by Gasteiger charge is -2.38. The smallest absolute Gasteiger partial charge is 0.325 e. The van der Waals surface area contributed by atoms with Gasteiger partial charge in [-0.2, -0.15) is 13.2 Å². The Morgan fingerprint density at radius 3 is 2.35 bits per heavy atom. The Bertz CT molecular complexity index is 479. The zero-order valence-electron chi connectivity index (χ0n) is 10.8. The Hall–Kier alpha value is -0.810. The molecule has 0 spiro atoms. The monoisotopic (exact) mass is 309 g/mol. The summed E-state index contributed by atoms with van der Waals surface area (Å²) in [5, 5.41) is 0.290. The highest BCUT2D eigenvalue weighted by molar-refractivity contribution is 6.30. The zero-order valence-corrected chi connectivity index (χ0v) is 11.6. The molecule has 1 saturated carbocycles. The minimum absolute atomic E-state index is 0.00914. The highest BCUT2D eigenvalue weighted by Gasteiger charge is 2.44. The van der Waals surface area contributed by atoms with Crippen LogP contribution in [-0.4, -0.2) is 11.7 Å². The van der Waals surface area contributed by atoms with E-state index in [1.807, 2.05) is 0 Å². The van der Waals surface area contributed by atoms with Crippen molar-refractivity contribution in [3.63, 3.8) is 0 Å². The van der Waals surface area contributed by atoms with Crippen molar-refractivity contribution in [2.75, 3.05) is 0 Å². The Morgan fingerprint density at radius 2 is 1.85 bits per heavy atom. The highest BCUT2D eigenvalue weighted by Crippen LogP contribution is 2.41. The van der Waals surface area contributed by atoms with Crippen LogP contribution >= 0.6 is 11.6 Å². The Labute approximate surface area is 120 Å². The predicted octanol–water partition coefficient (Wildman–Crippen LogP) is 4.47. The molecule has 6 heteroatoms. The third kappa shape index (κ3) is 3.64. The summed E-state index contributed by atoms with van der Waals surface area (Å²) in [6, 6.07) is 4.30. The molecule has 0 aromatic heterocycles. The molecule has 0 aliphatic heterocycles. The van der Waals surface area contributed by atoms with Gasteiger partial charge in [0.2, 0.25) is 0 Å². The van der Waals surface area contributed by atoms with Crippen LogP contribution < -0.4 is 5.73 Å². The molecule has 1 fully saturated rings. The maximum absolute atomic E-state index is 13.7. The molecule has 1 nitrogen and oxygen atoms in total. The summed E-state index contributed by atoms with van der Waals surface area (Å²) < 4.78 is 51.6. The Morgan fingerprint density at radius 1 is 1.25 bits per heavy atom. The lowest BCUT2D eigenvalue weighted by molar-refractivity contribution is -0.184. The van der Waals surface area contributed by atoms with Gasteiger partial charge in [0.15, 0.2) is 0 Å². The van der Waals surface area contributed by atoms with Crippen molar-refractivity contribution in [1.29, 1.82) is 0 Å². The van der Waals surface area contributed by atoms with Gasteiger partial charge in [-0.25, -0.2) is 4.39 Å². The van der Waals surface area contributed by atoms with Crippen LogP contribution in [0.2, 0.25) is 5.02 Å². The second-order valence-electron chi connectivity index (χ2n) is 5.59. The molecule has 20 heavy (non-hydrogen) atoms. The predicted molar refractivity (Wildman–Crippen MR) is 70.0 cm³/mol. The largest absolute Gasteiger partial charge is 0.391 e. The zero-order chi connectivity index (χ0) is 15.0. The average molecular weight is 310 g/mol. The van der Waals surface area contributed by atoms with Gasteiger partial charge < -0.3 is 5.73 Å². The van der Waals surface area contributed by atoms with E-state index < -0.39 is 23.5 Å². The number of hydrogen-bond donors (Lipinski definition) is 1. The van der Waals surface area contributed by atoms with E-state index >= 15 is 0 Å². The average Bonchev–Trinajstić information content (AvgIpc) is 2.32. The lowest BCUT2D eigenvalue weighted by atomic mass is 9.74. The van der Waals surface area contributed by atoms with E-state index in [1.54, 1.807) is 12.1 Å². The van der Waals surface area contributed by atoms with Crippen molar-refractivity contribution in [3.8, 4) is 0 Å². The molecular formula is C14H16ClF4N. The first kappa shape index (κ1) is 15.6. The van der Waals surface area contributed by atoms with Crippen molar-refractivity contribution in [3.05, 3.63) is 34.6 Å². The van der Waals surface area contributed by atoms with Gasteiger partial charge in [-0.3, -0.25) is 0 Å². The van der Waals surface area contributed by atoms with Gasteiger partial charge in [0.05, 0.1) is 5.92 Å². The van der Waals surface area contributed by atoms with Gasteiger partial charge in [-0.15, -0.1) is 0 Å². The van der Waals surface area contributed by atoms with Crippen LogP contribution in [0.5, 0.6) is 0 Å². The molecule has 1 aliphatic carbocycles. The molecule has 0 heterocycles. The van der Waals surface area contributed by atoms with Crippen molar-refractivity contribution >= 4 is 11.6 Å². The van der Waals surface area contributed by atoms with Crippen molar-refractivity contribution in [2.45, 2.75) is 43.8 Å². The fraction of sp³-hybridized carbons (Fsp3) is 0.571. The third-order valence-corrected chi connectivity index (χ3v) is 4.24. The van der Waals surface area contributed by atoms with E-state index in [0.717, 1.165) is 0 Å². The molecule has 1 aromatic carbocycles. The van der Waals surface area contributed by atoms with Gasteiger partial charge in [0, 0.05) is 10.6 Å². The van der Waals surface area contributed by atoms with Gasteiger partial charge in [0.25, 0.3) is 0 Å². The molecule has 112 valence electrons. The van der Waals surface area contributed by atoms with Gasteiger partial charge in [-0.1, -0.05) is 17.7 Å². The summed E-state index contributed by atoms with van der Waals surface area (Å²) in [5.74, 6) is -1.74. The summed E-state index contributed by atoms with van der Waals surface area (Å²) in [7, 11) is 0. The topological polar surface area (TPSA) is 26.0 Å². The van der Waals surface area contributed by atoms with Gasteiger partial charge >= 0.3 is 6.18 Å². The molecule has 2 rings (SSSR count). The first-order valence-corrected chi connectivity index (χ1v) is 6.87. The first-order valence-electron chi connectivity index (χ1n) is 6.49. The van der Waals surface area contributed by atoms with E-state index in [9.17, 15) is 17.6 Å². The molecule has 1 aromatic rings. The van der Waals surface area contributed by atoms with Crippen molar-refractivity contribution in [2.24, 2.45) is 11.7 Å². The summed E-state index contributed by atoms with van der Waals surface area (Å²) >= 11 is 5.67. The summed E-state index contributed by atoms with van der Waals surface area (Å²) in [4.78, 5) is 0. The number of halogens is 5. The van der Waals surface area contributed by atoms with E-state index in [-0.39, 0.29) is 37.1 Å². The number of benzene rings is 1. The summed E-state index contributed by atoms with van der Waals surface area (Å²) in [5.41, 5.74) is 5.77. The fourth-order valence-electron chi connectivity index (χ4n) is 2.74. The van der Waals surface area contributed by atoms with Gasteiger partial charge in [0.1, 0.15) is 5.82 Å². The molecule has 2 N–H and O–H groups in total. The van der Waals surface area contributed by atoms with E-state index in [1.165, 1.54) is 6.07 Å². The minimum Gasteiger partial charge on any atom is -0.325 e. The highest BCUT2D eigenvalue weighted by atomic mass is 35.5. The standard InChI is InChI=1S/C14H16ClF4N/c15-11-2-1-9(12(16)7-11)8-13(20)5-3-10(4-6-13)14(17,18)19/h1-2,7,10H,3-6,8,20H2. The van der Waals surface area contributed by atoms with Gasteiger partial charge in [-0.05, 0) is 49.8 Å². The molecule has 0 bridgehead atoms. The van der Waals surface area contributed by atoms with Crippen molar-refractivity contribution < 1.29 is 17.6 Å². The molecular weight excluding hydrogens is 294 g/mol. The number of hydrogen-bond acceptors (Lipinski definition) is 1. The fourth-order valence-corrected chi connectivity index (χ4v) is 2.90. The van der Waals surface area contributed by atoms with E-state index in [2.05, 4.69) is 0 Å². The number of rotatable bonds is 2. The summed E-state index contributed by atoms with van der Waals surface area (Å²) in [6.45, 7) is 0. The van der Waals surface area contributed by atoms with Crippen LogP contribution in [0, 0.1) is 11.7 Å². The Balaban J connectivity index is 2.03. The minimum atomic E-state index is -4.16. The summed E-state index contributed by atoms with van der Waals surface area (Å²) in [6.07, 6.45) is -3.41. The normalized spacial score (nSPS) is 27.6. The first-order chi connectivity index (χ1) is 9.20. The number of alkyl halides is 3. The SMILES string of the molecule is NC1(Cc2ccc(Cl)cc2F)CCC(C(F)(F)F)CC1. The third-order valence-electron chi connectivity index (χ3n) is 4.00. The second-order valence-corrected chi connectivity index (χ2v) is 6.03. The lowest BCUT2D eigenvalue weighted by Crippen LogP contribution is -2.47. The van der Waals surface area contributed by atoms with Crippen LogP contribution in [0.3, 0.4) is 0 Å². The van der Waals surface area contributed by atoms with Crippen molar-refractivity contribution in [1.82, 2.24) is 0 Å². The second kappa shape index (κ2) is 5.53. The van der Waals surface area contributed by atoms with E-state index in [4.69, 9.17) is 17.3 Å². The number of nitrogens with two attached hydrogens (primary N) is 1. The molecule has 1 aliphatic rings. The molecule has 0 unspecified atom stereocenters. The Kier molecular flexibility index (Phi) is 4.30. The quantitative estimate of drug-likeness (QED) is 0.801. The molecule has 0 amide bonds. The van der Waals surface area contributed by atoms with Crippen LogP contribution in [0.1, 0.15) is 31.2 Å². The molecule has 0 radical (unpaired) electrons. The molecule has 0 atom stereocenters. The van der Waals surface area contributed by atoms with Crippen LogP contribution in [0.25, 0.3) is 0 Å². The van der Waals surface area contributed by atoms with Crippen LogP contribution in [0.15, 0.2) is 18.2 Å². The molecule has 0 saturated heterocycles. The van der Waals surface area contributed by atoms with Crippen LogP contribution in [0.4, 0.5) is 17.6 Å². The maximum Gasteiger partial charge on any atom is 0.391 e. The maximum atomic E-state index is 13.7.